The van der Waals surface area contributed by atoms with Crippen molar-refractivity contribution >= 4 is 0 Å². The molecule has 0 aliphatic carbocycles. The van der Waals surface area contributed by atoms with E-state index >= 15 is 0 Å². The van der Waals surface area contributed by atoms with E-state index in [1.54, 1.807) is 6.07 Å². The van der Waals surface area contributed by atoms with Gasteiger partial charge in [-0.2, -0.15) is 0 Å². The Morgan fingerprint density at radius 2 is 2.11 bits per heavy atom. The van der Waals surface area contributed by atoms with E-state index in [0.717, 1.165) is 11.1 Å². The van der Waals surface area contributed by atoms with Crippen LogP contribution in [-0.2, 0) is 6.42 Å². The molecule has 0 radical (unpaired) electrons. The molecule has 0 amide bonds. The van der Waals surface area contributed by atoms with Crippen LogP contribution >= 0.6 is 0 Å². The second kappa shape index (κ2) is 5.86. The monoisotopic (exact) mass is 263 g/mol. The molecule has 100 valence electrons. The molecule has 0 saturated carbocycles. The molecule has 1 atom stereocenters. The number of halogens is 2. The normalized spacial score (nSPS) is 12.4. The van der Waals surface area contributed by atoms with Crippen LogP contribution in [0.1, 0.15) is 22.9 Å². The minimum Gasteiger partial charge on any atom is -0.271 e. The Bertz CT molecular complexity index is 572. The summed E-state index contributed by atoms with van der Waals surface area (Å²) in [5, 5.41) is 0. The highest BCUT2D eigenvalue weighted by Crippen LogP contribution is 2.21. The molecule has 0 aliphatic heterocycles. The topological polar surface area (TPSA) is 50.9 Å². The quantitative estimate of drug-likeness (QED) is 0.658. The maximum Gasteiger partial charge on any atom is 0.146 e. The van der Waals surface area contributed by atoms with Gasteiger partial charge in [-0.1, -0.05) is 6.07 Å². The van der Waals surface area contributed by atoms with Crippen LogP contribution in [0.3, 0.4) is 0 Å². The molecule has 1 heterocycles. The lowest BCUT2D eigenvalue weighted by Crippen LogP contribution is -2.31. The highest BCUT2D eigenvalue weighted by molar-refractivity contribution is 5.28. The number of nitrogens with one attached hydrogen (secondary N) is 1. The number of nitrogens with two attached hydrogens (primary N) is 1. The molecule has 2 aromatic rings. The van der Waals surface area contributed by atoms with Crippen molar-refractivity contribution in [2.75, 3.05) is 0 Å². The molecule has 0 aliphatic rings. The zero-order valence-corrected chi connectivity index (χ0v) is 10.5. The van der Waals surface area contributed by atoms with E-state index in [1.165, 1.54) is 30.5 Å². The van der Waals surface area contributed by atoms with Crippen LogP contribution in [0.15, 0.2) is 36.5 Å². The molecule has 0 spiro atoms. The van der Waals surface area contributed by atoms with E-state index in [2.05, 4.69) is 10.4 Å². The average molecular weight is 263 g/mol. The third-order valence-electron chi connectivity index (χ3n) is 3.05. The second-order valence-electron chi connectivity index (χ2n) is 4.36. The summed E-state index contributed by atoms with van der Waals surface area (Å²) < 4.78 is 26.9. The van der Waals surface area contributed by atoms with E-state index in [-0.39, 0.29) is 11.5 Å². The lowest BCUT2D eigenvalue weighted by Gasteiger charge is -2.17. The van der Waals surface area contributed by atoms with Gasteiger partial charge in [0, 0.05) is 6.20 Å². The maximum absolute atomic E-state index is 13.7. The van der Waals surface area contributed by atoms with Crippen molar-refractivity contribution in [1.29, 1.82) is 0 Å². The number of pyridine rings is 1. The third kappa shape index (κ3) is 3.13. The third-order valence-corrected chi connectivity index (χ3v) is 3.05. The van der Waals surface area contributed by atoms with Crippen LogP contribution in [0.4, 0.5) is 8.78 Å². The molecule has 0 saturated heterocycles. The Morgan fingerprint density at radius 3 is 2.79 bits per heavy atom. The van der Waals surface area contributed by atoms with Gasteiger partial charge in [0.25, 0.3) is 0 Å². The van der Waals surface area contributed by atoms with E-state index in [1.807, 2.05) is 6.92 Å². The smallest absolute Gasteiger partial charge is 0.146 e. The molecule has 3 N–H and O–H groups in total. The molecule has 1 aromatic carbocycles. The van der Waals surface area contributed by atoms with Gasteiger partial charge in [-0.25, -0.2) is 8.78 Å². The van der Waals surface area contributed by atoms with Crippen LogP contribution in [0.2, 0.25) is 0 Å². The summed E-state index contributed by atoms with van der Waals surface area (Å²) in [7, 11) is 0. The Morgan fingerprint density at radius 1 is 1.32 bits per heavy atom. The van der Waals surface area contributed by atoms with Gasteiger partial charge in [0.2, 0.25) is 0 Å². The standard InChI is InChI=1S/C14H15F2N3/c1-9-4-5-11(15)7-10(9)8-13(19-17)14-12(16)3-2-6-18-14/h2-7,13,19H,8,17H2,1H3. The van der Waals surface area contributed by atoms with Crippen molar-refractivity contribution < 1.29 is 8.78 Å². The van der Waals surface area contributed by atoms with Crippen LogP contribution in [-0.4, -0.2) is 4.98 Å². The zero-order valence-electron chi connectivity index (χ0n) is 10.5. The fourth-order valence-electron chi connectivity index (χ4n) is 1.97. The number of hydrazine groups is 1. The first-order valence-corrected chi connectivity index (χ1v) is 5.93. The van der Waals surface area contributed by atoms with Crippen molar-refractivity contribution in [1.82, 2.24) is 10.4 Å². The van der Waals surface area contributed by atoms with E-state index in [9.17, 15) is 8.78 Å². The number of benzene rings is 1. The van der Waals surface area contributed by atoms with Crippen LogP contribution in [0.25, 0.3) is 0 Å². The van der Waals surface area contributed by atoms with Gasteiger partial charge in [0.05, 0.1) is 11.7 Å². The SMILES string of the molecule is Cc1ccc(F)cc1CC(NN)c1ncccc1F. The van der Waals surface area contributed by atoms with Crippen LogP contribution < -0.4 is 11.3 Å². The summed E-state index contributed by atoms with van der Waals surface area (Å²) >= 11 is 0. The number of aryl methyl sites for hydroxylation is 1. The molecule has 2 rings (SSSR count). The first-order chi connectivity index (χ1) is 9.11. The molecule has 0 bridgehead atoms. The van der Waals surface area contributed by atoms with E-state index in [4.69, 9.17) is 5.84 Å². The average Bonchev–Trinajstić information content (AvgIpc) is 2.41. The first-order valence-electron chi connectivity index (χ1n) is 5.93. The fourth-order valence-corrected chi connectivity index (χ4v) is 1.97. The van der Waals surface area contributed by atoms with Gasteiger partial charge >= 0.3 is 0 Å². The summed E-state index contributed by atoms with van der Waals surface area (Å²) in [5.74, 6) is 4.71. The van der Waals surface area contributed by atoms with Gasteiger partial charge in [-0.3, -0.25) is 16.3 Å². The van der Waals surface area contributed by atoms with Crippen molar-refractivity contribution in [3.63, 3.8) is 0 Å². The predicted octanol–water partition coefficient (Wildman–Crippen LogP) is 2.42. The molecule has 3 nitrogen and oxygen atoms in total. The summed E-state index contributed by atoms with van der Waals surface area (Å²) in [5.41, 5.74) is 4.46. The van der Waals surface area contributed by atoms with Crippen molar-refractivity contribution in [2.24, 2.45) is 5.84 Å². The summed E-state index contributed by atoms with van der Waals surface area (Å²) in [4.78, 5) is 3.99. The fraction of sp³-hybridized carbons (Fsp3) is 0.214. The molecular formula is C14H15F2N3. The zero-order chi connectivity index (χ0) is 13.8. The minimum atomic E-state index is -0.498. The van der Waals surface area contributed by atoms with Gasteiger partial charge in [0.1, 0.15) is 11.6 Å². The molecular weight excluding hydrogens is 248 g/mol. The molecule has 5 heteroatoms. The van der Waals surface area contributed by atoms with Crippen molar-refractivity contribution in [3.05, 3.63) is 65.0 Å². The Kier molecular flexibility index (Phi) is 4.19. The first kappa shape index (κ1) is 13.6. The minimum absolute atomic E-state index is 0.230. The van der Waals surface area contributed by atoms with Gasteiger partial charge in [0.15, 0.2) is 0 Å². The van der Waals surface area contributed by atoms with E-state index < -0.39 is 11.9 Å². The predicted molar refractivity (Wildman–Crippen MR) is 69.1 cm³/mol. The lowest BCUT2D eigenvalue weighted by atomic mass is 9.99. The largest absolute Gasteiger partial charge is 0.271 e. The number of hydrogen-bond acceptors (Lipinski definition) is 3. The summed E-state index contributed by atoms with van der Waals surface area (Å²) in [6, 6.07) is 6.85. The molecule has 19 heavy (non-hydrogen) atoms. The molecule has 0 fully saturated rings. The molecule has 1 aromatic heterocycles. The Balaban J connectivity index is 2.29. The van der Waals surface area contributed by atoms with Crippen molar-refractivity contribution in [2.45, 2.75) is 19.4 Å². The highest BCUT2D eigenvalue weighted by Gasteiger charge is 2.17. The van der Waals surface area contributed by atoms with Crippen LogP contribution in [0.5, 0.6) is 0 Å². The van der Waals surface area contributed by atoms with Crippen LogP contribution in [0, 0.1) is 18.6 Å². The maximum atomic E-state index is 13.7. The van der Waals surface area contributed by atoms with E-state index in [0.29, 0.717) is 6.42 Å². The second-order valence-corrected chi connectivity index (χ2v) is 4.36. The lowest BCUT2D eigenvalue weighted by molar-refractivity contribution is 0.493. The summed E-state index contributed by atoms with van der Waals surface area (Å²) in [6.07, 6.45) is 1.87. The van der Waals surface area contributed by atoms with Crippen molar-refractivity contribution in [3.8, 4) is 0 Å². The number of rotatable bonds is 4. The number of aromatic nitrogens is 1. The number of hydrogen-bond donors (Lipinski definition) is 2. The summed E-state index contributed by atoms with van der Waals surface area (Å²) in [6.45, 7) is 1.87. The highest BCUT2D eigenvalue weighted by atomic mass is 19.1. The van der Waals surface area contributed by atoms with Gasteiger partial charge in [-0.05, 0) is 48.7 Å². The Hall–Kier alpha value is -1.85. The number of nitrogens with zero attached hydrogens (tertiary/aromatic N) is 1. The van der Waals surface area contributed by atoms with Gasteiger partial charge < -0.3 is 0 Å². The molecule has 1 unspecified atom stereocenters. The Labute approximate surface area is 110 Å². The van der Waals surface area contributed by atoms with Gasteiger partial charge in [-0.15, -0.1) is 0 Å².